The van der Waals surface area contributed by atoms with Crippen LogP contribution in [0.15, 0.2) is 18.2 Å². The van der Waals surface area contributed by atoms with Crippen LogP contribution in [0.2, 0.25) is 0 Å². The Morgan fingerprint density at radius 3 is 2.14 bits per heavy atom. The molecule has 0 spiro atoms. The minimum Gasteiger partial charge on any atom is -0.507 e. The fraction of sp³-hybridized carbons (Fsp3) is 0.643. The average Bonchev–Trinajstić information content (AvgIpc) is 2.97. The van der Waals surface area contributed by atoms with Crippen molar-refractivity contribution in [2.75, 3.05) is 20.3 Å². The van der Waals surface area contributed by atoms with Gasteiger partial charge in [-0.1, -0.05) is 12.1 Å². The summed E-state index contributed by atoms with van der Waals surface area (Å²) in [7, 11) is 1.46. The molecule has 0 radical (unpaired) electrons. The number of aliphatic hydroxyl groups excluding tert-OH is 7. The third-order valence-electron chi connectivity index (χ3n) is 8.09. The van der Waals surface area contributed by atoms with Gasteiger partial charge in [-0.05, 0) is 19.9 Å². The number of phenols is 1. The van der Waals surface area contributed by atoms with Gasteiger partial charge in [-0.3, -0.25) is 0 Å². The van der Waals surface area contributed by atoms with E-state index in [0.29, 0.717) is 34.1 Å². The molecule has 3 aliphatic rings. The number of methoxy groups -OCH3 is 1. The standard InChI is InChI=1S/C28H38O14/c1-10-7-13-17(11(2)39-10)21(32)18-12(5-4-6-14(18)37-3)26(13)42-28-25(36)23(34)20(31)16(41-28)9-38-27-24(35)22(33)19(30)15(8-29)40-27/h4-6,10-11,15-16,19-20,22-25,27-36H,7-9H2,1-3H3/t10-,11-,15-,16+,19-,20-,22+,23+,24-,25+,27-,28+/m0/s1. The van der Waals surface area contributed by atoms with Gasteiger partial charge in [0.15, 0.2) is 6.29 Å². The van der Waals surface area contributed by atoms with Crippen LogP contribution in [0.5, 0.6) is 17.2 Å². The van der Waals surface area contributed by atoms with Crippen LogP contribution in [0.3, 0.4) is 0 Å². The van der Waals surface area contributed by atoms with E-state index in [0.717, 1.165) is 0 Å². The largest absolute Gasteiger partial charge is 0.507 e. The number of rotatable bonds is 7. The van der Waals surface area contributed by atoms with Gasteiger partial charge >= 0.3 is 0 Å². The summed E-state index contributed by atoms with van der Waals surface area (Å²) in [6.45, 7) is 2.50. The molecule has 234 valence electrons. The van der Waals surface area contributed by atoms with E-state index in [1.165, 1.54) is 7.11 Å². The number of aromatic hydroxyl groups is 1. The zero-order valence-electron chi connectivity index (χ0n) is 23.3. The zero-order valence-corrected chi connectivity index (χ0v) is 23.3. The Bertz CT molecular complexity index is 1260. The highest BCUT2D eigenvalue weighted by molar-refractivity contribution is 6.00. The van der Waals surface area contributed by atoms with Crippen LogP contribution < -0.4 is 9.47 Å². The van der Waals surface area contributed by atoms with Crippen molar-refractivity contribution < 1.29 is 69.3 Å². The average molecular weight is 599 g/mol. The first kappa shape index (κ1) is 31.1. The van der Waals surface area contributed by atoms with Gasteiger partial charge in [-0.15, -0.1) is 0 Å². The molecule has 0 aromatic heterocycles. The molecule has 14 heteroatoms. The predicted octanol–water partition coefficient (Wildman–Crippen LogP) is -1.42. The van der Waals surface area contributed by atoms with Crippen molar-refractivity contribution in [3.05, 3.63) is 29.3 Å². The van der Waals surface area contributed by atoms with E-state index in [4.69, 9.17) is 28.4 Å². The first-order valence-corrected chi connectivity index (χ1v) is 13.8. The summed E-state index contributed by atoms with van der Waals surface area (Å²) in [5.74, 6) is 0.602. The molecule has 2 saturated heterocycles. The molecule has 8 N–H and O–H groups in total. The first-order valence-electron chi connectivity index (χ1n) is 13.8. The summed E-state index contributed by atoms with van der Waals surface area (Å²) in [5.41, 5.74) is 1.10. The third kappa shape index (κ3) is 5.42. The zero-order chi connectivity index (χ0) is 30.5. The van der Waals surface area contributed by atoms with E-state index in [1.807, 2.05) is 6.92 Å². The third-order valence-corrected chi connectivity index (χ3v) is 8.09. The molecule has 0 saturated carbocycles. The molecule has 12 atom stereocenters. The van der Waals surface area contributed by atoms with Crippen LogP contribution in [0.4, 0.5) is 0 Å². The first-order chi connectivity index (χ1) is 20.0. The Hall–Kier alpha value is -2.34. The maximum absolute atomic E-state index is 11.3. The van der Waals surface area contributed by atoms with Crippen LogP contribution in [0.25, 0.3) is 10.8 Å². The smallest absolute Gasteiger partial charge is 0.229 e. The van der Waals surface area contributed by atoms with Crippen molar-refractivity contribution in [2.24, 2.45) is 0 Å². The minimum absolute atomic E-state index is 0.0319. The van der Waals surface area contributed by atoms with Gasteiger partial charge in [0.25, 0.3) is 0 Å². The van der Waals surface area contributed by atoms with Crippen molar-refractivity contribution in [3.63, 3.8) is 0 Å². The van der Waals surface area contributed by atoms with Crippen LogP contribution in [-0.2, 0) is 25.4 Å². The lowest BCUT2D eigenvalue weighted by molar-refractivity contribution is -0.323. The minimum atomic E-state index is -1.73. The Labute approximate surface area is 241 Å². The molecule has 2 aromatic rings. The van der Waals surface area contributed by atoms with Crippen LogP contribution in [0, 0.1) is 0 Å². The Morgan fingerprint density at radius 2 is 1.48 bits per heavy atom. The van der Waals surface area contributed by atoms with Gasteiger partial charge in [0, 0.05) is 22.9 Å². The van der Waals surface area contributed by atoms with Gasteiger partial charge in [0.05, 0.1) is 37.9 Å². The highest BCUT2D eigenvalue weighted by Crippen LogP contribution is 2.50. The second kappa shape index (κ2) is 12.3. The second-order valence-electron chi connectivity index (χ2n) is 10.9. The molecular weight excluding hydrogens is 560 g/mol. The number of benzene rings is 2. The molecule has 0 amide bonds. The SMILES string of the molecule is COc1cccc2c(O[C@H]3O[C@H](CO[C@H]4O[C@@H](CO)[C@H](O)[C@@H](O)[C@@H]4O)[C@H](O)[C@@H](O)[C@H]3O)c3c(c(O)c12)[C@H](C)O[C@@H](C)C3. The Morgan fingerprint density at radius 1 is 0.833 bits per heavy atom. The summed E-state index contributed by atoms with van der Waals surface area (Å²) in [6.07, 6.45) is -16.0. The quantitative estimate of drug-likeness (QED) is 0.184. The fourth-order valence-electron chi connectivity index (χ4n) is 5.89. The summed E-state index contributed by atoms with van der Waals surface area (Å²) >= 11 is 0. The molecule has 3 aliphatic heterocycles. The number of ether oxygens (including phenoxy) is 6. The van der Waals surface area contributed by atoms with E-state index >= 15 is 0 Å². The Kier molecular flexibility index (Phi) is 9.14. The molecule has 14 nitrogen and oxygen atoms in total. The number of phenolic OH excluding ortho intramolecular Hbond substituents is 1. The summed E-state index contributed by atoms with van der Waals surface area (Å²) < 4.78 is 34.4. The van der Waals surface area contributed by atoms with E-state index in [1.54, 1.807) is 25.1 Å². The monoisotopic (exact) mass is 598 g/mol. The molecular formula is C28H38O14. The fourth-order valence-corrected chi connectivity index (χ4v) is 5.89. The van der Waals surface area contributed by atoms with Gasteiger partial charge in [0.2, 0.25) is 6.29 Å². The van der Waals surface area contributed by atoms with Crippen LogP contribution in [-0.4, -0.2) is 129 Å². The second-order valence-corrected chi connectivity index (χ2v) is 10.9. The Balaban J connectivity index is 1.45. The topological polar surface area (TPSA) is 217 Å². The van der Waals surface area contributed by atoms with E-state index in [2.05, 4.69) is 0 Å². The molecule has 0 aliphatic carbocycles. The number of hydrogen-bond acceptors (Lipinski definition) is 14. The summed E-state index contributed by atoms with van der Waals surface area (Å²) in [6, 6.07) is 5.09. The van der Waals surface area contributed by atoms with Crippen molar-refractivity contribution in [1.29, 1.82) is 0 Å². The number of hydrogen-bond donors (Lipinski definition) is 8. The van der Waals surface area contributed by atoms with Crippen molar-refractivity contribution in [1.82, 2.24) is 0 Å². The molecule has 2 aromatic carbocycles. The summed E-state index contributed by atoms with van der Waals surface area (Å²) in [4.78, 5) is 0. The normalized spacial score (nSPS) is 38.7. The number of fused-ring (bicyclic) bond motifs is 2. The molecule has 42 heavy (non-hydrogen) atoms. The van der Waals surface area contributed by atoms with Crippen molar-refractivity contribution in [3.8, 4) is 17.2 Å². The molecule has 3 heterocycles. The maximum atomic E-state index is 11.3. The predicted molar refractivity (Wildman–Crippen MR) is 142 cm³/mol. The summed E-state index contributed by atoms with van der Waals surface area (Å²) in [5, 5.41) is 84.0. The van der Waals surface area contributed by atoms with Gasteiger partial charge in [-0.2, -0.15) is 0 Å². The van der Waals surface area contributed by atoms with Crippen LogP contribution in [0.1, 0.15) is 31.1 Å². The molecule has 0 unspecified atom stereocenters. The number of aliphatic hydroxyl groups is 7. The van der Waals surface area contributed by atoms with E-state index in [9.17, 15) is 40.9 Å². The molecule has 5 rings (SSSR count). The van der Waals surface area contributed by atoms with E-state index < -0.39 is 80.7 Å². The lowest BCUT2D eigenvalue weighted by Crippen LogP contribution is -2.62. The van der Waals surface area contributed by atoms with Crippen LogP contribution >= 0.6 is 0 Å². The lowest BCUT2D eigenvalue weighted by atomic mass is 9.89. The highest BCUT2D eigenvalue weighted by atomic mass is 16.7. The van der Waals surface area contributed by atoms with Gasteiger partial charge in [-0.25, -0.2) is 0 Å². The molecule has 2 fully saturated rings. The van der Waals surface area contributed by atoms with Gasteiger partial charge in [0.1, 0.15) is 66.1 Å². The van der Waals surface area contributed by atoms with Crippen molar-refractivity contribution >= 4 is 10.8 Å². The van der Waals surface area contributed by atoms with E-state index in [-0.39, 0.29) is 17.6 Å². The van der Waals surface area contributed by atoms with Crippen molar-refractivity contribution in [2.45, 2.75) is 93.9 Å². The maximum Gasteiger partial charge on any atom is 0.229 e. The highest BCUT2D eigenvalue weighted by Gasteiger charge is 2.48. The van der Waals surface area contributed by atoms with Gasteiger partial charge < -0.3 is 69.3 Å². The molecule has 0 bridgehead atoms. The lowest BCUT2D eigenvalue weighted by Gasteiger charge is -2.43.